The second-order valence-electron chi connectivity index (χ2n) is 3.87. The Morgan fingerprint density at radius 1 is 1.65 bits per heavy atom. The van der Waals surface area contributed by atoms with Crippen LogP contribution in [0.2, 0.25) is 0 Å². The van der Waals surface area contributed by atoms with Gasteiger partial charge in [0.05, 0.1) is 12.8 Å². The molecule has 5 heteroatoms. The van der Waals surface area contributed by atoms with Crippen LogP contribution in [0, 0.1) is 11.3 Å². The summed E-state index contributed by atoms with van der Waals surface area (Å²) in [5.41, 5.74) is 0.0865. The van der Waals surface area contributed by atoms with Gasteiger partial charge in [-0.25, -0.2) is 0 Å². The van der Waals surface area contributed by atoms with Gasteiger partial charge >= 0.3 is 0 Å². The Labute approximate surface area is 99.1 Å². The fourth-order valence-corrected chi connectivity index (χ4v) is 1.28. The van der Waals surface area contributed by atoms with Crippen LogP contribution in [0.4, 0.5) is 0 Å². The lowest BCUT2D eigenvalue weighted by Gasteiger charge is -2.02. The SMILES string of the molecule is N#C/C(=C/NC1CC1)C(=O)NCc1ccco1. The summed E-state index contributed by atoms with van der Waals surface area (Å²) in [6, 6.07) is 5.81. The van der Waals surface area contributed by atoms with E-state index < -0.39 is 5.91 Å². The number of hydrogen-bond donors (Lipinski definition) is 2. The molecule has 1 aliphatic carbocycles. The van der Waals surface area contributed by atoms with Crippen molar-refractivity contribution in [2.75, 3.05) is 0 Å². The number of amides is 1. The van der Waals surface area contributed by atoms with Crippen LogP contribution in [0.5, 0.6) is 0 Å². The fraction of sp³-hybridized carbons (Fsp3) is 0.333. The van der Waals surface area contributed by atoms with E-state index in [-0.39, 0.29) is 12.1 Å². The minimum atomic E-state index is -0.392. The summed E-state index contributed by atoms with van der Waals surface area (Å²) in [6.07, 6.45) is 5.22. The number of rotatable bonds is 5. The first-order valence-corrected chi connectivity index (χ1v) is 5.46. The van der Waals surface area contributed by atoms with Crippen LogP contribution < -0.4 is 10.6 Å². The quantitative estimate of drug-likeness (QED) is 0.586. The minimum absolute atomic E-state index is 0.0865. The van der Waals surface area contributed by atoms with Crippen molar-refractivity contribution < 1.29 is 9.21 Å². The van der Waals surface area contributed by atoms with Gasteiger partial charge < -0.3 is 15.1 Å². The van der Waals surface area contributed by atoms with Gasteiger partial charge in [-0.1, -0.05) is 0 Å². The fourth-order valence-electron chi connectivity index (χ4n) is 1.28. The van der Waals surface area contributed by atoms with E-state index in [2.05, 4.69) is 10.6 Å². The average molecular weight is 231 g/mol. The Morgan fingerprint density at radius 2 is 2.47 bits per heavy atom. The normalized spacial score (nSPS) is 15.1. The van der Waals surface area contributed by atoms with Crippen molar-refractivity contribution in [1.29, 1.82) is 5.26 Å². The molecule has 1 aromatic heterocycles. The van der Waals surface area contributed by atoms with E-state index in [0.29, 0.717) is 11.8 Å². The zero-order valence-corrected chi connectivity index (χ0v) is 9.27. The molecule has 0 atom stereocenters. The van der Waals surface area contributed by atoms with Crippen LogP contribution in [0.25, 0.3) is 0 Å². The molecule has 5 nitrogen and oxygen atoms in total. The molecule has 1 amide bonds. The summed E-state index contributed by atoms with van der Waals surface area (Å²) in [5.74, 6) is 0.267. The van der Waals surface area contributed by atoms with Gasteiger partial charge in [-0.05, 0) is 25.0 Å². The molecule has 0 radical (unpaired) electrons. The van der Waals surface area contributed by atoms with Gasteiger partial charge in [0, 0.05) is 12.2 Å². The molecular formula is C12H13N3O2. The maximum absolute atomic E-state index is 11.6. The third kappa shape index (κ3) is 3.38. The molecule has 1 aromatic rings. The molecule has 88 valence electrons. The first-order chi connectivity index (χ1) is 8.29. The number of nitrogens with zero attached hydrogens (tertiary/aromatic N) is 1. The molecule has 1 heterocycles. The molecule has 0 saturated heterocycles. The van der Waals surface area contributed by atoms with E-state index in [0.717, 1.165) is 12.8 Å². The third-order valence-corrected chi connectivity index (χ3v) is 2.41. The van der Waals surface area contributed by atoms with E-state index >= 15 is 0 Å². The van der Waals surface area contributed by atoms with Crippen LogP contribution in [0.3, 0.4) is 0 Å². The van der Waals surface area contributed by atoms with Gasteiger partial charge in [0.15, 0.2) is 0 Å². The maximum Gasteiger partial charge on any atom is 0.263 e. The number of nitrogens with one attached hydrogen (secondary N) is 2. The lowest BCUT2D eigenvalue weighted by atomic mass is 10.3. The number of nitriles is 1. The van der Waals surface area contributed by atoms with Gasteiger partial charge in [-0.2, -0.15) is 5.26 Å². The predicted octanol–water partition coefficient (Wildman–Crippen LogP) is 1.06. The lowest BCUT2D eigenvalue weighted by Crippen LogP contribution is -2.25. The summed E-state index contributed by atoms with van der Waals surface area (Å²) in [4.78, 5) is 11.6. The molecule has 0 unspecified atom stereocenters. The lowest BCUT2D eigenvalue weighted by molar-refractivity contribution is -0.117. The van der Waals surface area contributed by atoms with Crippen molar-refractivity contribution in [3.63, 3.8) is 0 Å². The van der Waals surface area contributed by atoms with Gasteiger partial charge in [0.1, 0.15) is 17.4 Å². The zero-order valence-electron chi connectivity index (χ0n) is 9.27. The highest BCUT2D eigenvalue weighted by atomic mass is 16.3. The van der Waals surface area contributed by atoms with Gasteiger partial charge in [0.25, 0.3) is 5.91 Å². The summed E-state index contributed by atoms with van der Waals surface area (Å²) < 4.78 is 5.07. The second-order valence-corrected chi connectivity index (χ2v) is 3.87. The smallest absolute Gasteiger partial charge is 0.263 e. The average Bonchev–Trinajstić information content (AvgIpc) is 3.02. The predicted molar refractivity (Wildman–Crippen MR) is 60.4 cm³/mol. The summed E-state index contributed by atoms with van der Waals surface area (Å²) in [7, 11) is 0. The van der Waals surface area contributed by atoms with Gasteiger partial charge in [-0.3, -0.25) is 4.79 Å². The van der Waals surface area contributed by atoms with Crippen LogP contribution >= 0.6 is 0 Å². The highest BCUT2D eigenvalue weighted by Crippen LogP contribution is 2.18. The van der Waals surface area contributed by atoms with Crippen molar-refractivity contribution in [1.82, 2.24) is 10.6 Å². The molecule has 2 N–H and O–H groups in total. The van der Waals surface area contributed by atoms with Crippen molar-refractivity contribution in [3.05, 3.63) is 35.9 Å². The van der Waals surface area contributed by atoms with Crippen LogP contribution in [0.1, 0.15) is 18.6 Å². The van der Waals surface area contributed by atoms with Gasteiger partial charge in [-0.15, -0.1) is 0 Å². The van der Waals surface area contributed by atoms with Crippen molar-refractivity contribution in [2.45, 2.75) is 25.4 Å². The Bertz CT molecular complexity index is 453. The van der Waals surface area contributed by atoms with E-state index in [1.165, 1.54) is 12.5 Å². The summed E-state index contributed by atoms with van der Waals surface area (Å²) in [5, 5.41) is 14.5. The molecule has 0 aliphatic heterocycles. The zero-order chi connectivity index (χ0) is 12.1. The number of furan rings is 1. The first-order valence-electron chi connectivity index (χ1n) is 5.46. The topological polar surface area (TPSA) is 78.1 Å². The Balaban J connectivity index is 1.84. The van der Waals surface area contributed by atoms with E-state index in [9.17, 15) is 4.79 Å². The van der Waals surface area contributed by atoms with E-state index in [1.807, 2.05) is 6.07 Å². The largest absolute Gasteiger partial charge is 0.467 e. The molecule has 0 spiro atoms. The summed E-state index contributed by atoms with van der Waals surface area (Å²) in [6.45, 7) is 0.286. The van der Waals surface area contributed by atoms with E-state index in [1.54, 1.807) is 12.1 Å². The maximum atomic E-state index is 11.6. The Hall–Kier alpha value is -2.22. The molecule has 17 heavy (non-hydrogen) atoms. The summed E-state index contributed by atoms with van der Waals surface area (Å²) >= 11 is 0. The molecule has 0 bridgehead atoms. The monoisotopic (exact) mass is 231 g/mol. The number of carbonyl (C=O) groups is 1. The molecular weight excluding hydrogens is 218 g/mol. The van der Waals surface area contributed by atoms with Crippen LogP contribution in [0.15, 0.2) is 34.6 Å². The molecule has 1 fully saturated rings. The van der Waals surface area contributed by atoms with Crippen molar-refractivity contribution >= 4 is 5.91 Å². The van der Waals surface area contributed by atoms with Crippen LogP contribution in [-0.2, 0) is 11.3 Å². The standard InChI is InChI=1S/C12H13N3O2/c13-6-9(7-14-10-3-4-10)12(16)15-8-11-2-1-5-17-11/h1-2,5,7,10,14H,3-4,8H2,(H,15,16)/b9-7-. The third-order valence-electron chi connectivity index (χ3n) is 2.41. The molecule has 0 aromatic carbocycles. The highest BCUT2D eigenvalue weighted by molar-refractivity contribution is 5.97. The van der Waals surface area contributed by atoms with Crippen molar-refractivity contribution in [3.8, 4) is 6.07 Å². The van der Waals surface area contributed by atoms with Crippen molar-refractivity contribution in [2.24, 2.45) is 0 Å². The van der Waals surface area contributed by atoms with Gasteiger partial charge in [0.2, 0.25) is 0 Å². The second kappa shape index (κ2) is 5.21. The Morgan fingerprint density at radius 3 is 3.06 bits per heavy atom. The van der Waals surface area contributed by atoms with Crippen LogP contribution in [-0.4, -0.2) is 11.9 Å². The number of hydrogen-bond acceptors (Lipinski definition) is 4. The van der Waals surface area contributed by atoms with E-state index in [4.69, 9.17) is 9.68 Å². The first kappa shape index (κ1) is 11.3. The highest BCUT2D eigenvalue weighted by Gasteiger charge is 2.20. The number of carbonyl (C=O) groups excluding carboxylic acids is 1. The molecule has 1 saturated carbocycles. The molecule has 1 aliphatic rings. The minimum Gasteiger partial charge on any atom is -0.467 e. The Kier molecular flexibility index (Phi) is 3.46. The molecule has 2 rings (SSSR count).